The molecule has 134 valence electrons. The standard InChI is InChI=1S/C20H19ClN2O2S/c1-14(20-23-17(13-26-20)15-7-3-2-4-8-15)22-19(24)11-12-25-18-10-6-5-9-16(18)21/h2-10,13-14H,11-12H2,1H3,(H,22,24). The van der Waals surface area contributed by atoms with E-state index in [9.17, 15) is 4.79 Å². The third-order valence-electron chi connectivity index (χ3n) is 3.76. The minimum Gasteiger partial charge on any atom is -0.491 e. The van der Waals surface area contributed by atoms with Crippen molar-refractivity contribution in [1.82, 2.24) is 10.3 Å². The number of nitrogens with zero attached hydrogens (tertiary/aromatic N) is 1. The van der Waals surface area contributed by atoms with E-state index >= 15 is 0 Å². The van der Waals surface area contributed by atoms with E-state index < -0.39 is 0 Å². The molecule has 1 heterocycles. The van der Waals surface area contributed by atoms with Gasteiger partial charge in [0.1, 0.15) is 10.8 Å². The Balaban J connectivity index is 1.50. The van der Waals surface area contributed by atoms with E-state index in [0.29, 0.717) is 10.8 Å². The third-order valence-corrected chi connectivity index (χ3v) is 5.10. The van der Waals surface area contributed by atoms with Gasteiger partial charge < -0.3 is 10.1 Å². The molecule has 0 saturated heterocycles. The van der Waals surface area contributed by atoms with Crippen molar-refractivity contribution >= 4 is 28.8 Å². The van der Waals surface area contributed by atoms with Gasteiger partial charge in [-0.3, -0.25) is 4.79 Å². The molecule has 1 aromatic heterocycles. The van der Waals surface area contributed by atoms with E-state index in [4.69, 9.17) is 16.3 Å². The molecule has 0 saturated carbocycles. The highest BCUT2D eigenvalue weighted by Gasteiger charge is 2.14. The molecule has 0 aliphatic heterocycles. The molecule has 26 heavy (non-hydrogen) atoms. The van der Waals surface area contributed by atoms with Crippen molar-refractivity contribution in [1.29, 1.82) is 0 Å². The number of carbonyl (C=O) groups is 1. The van der Waals surface area contributed by atoms with Crippen LogP contribution in [0.3, 0.4) is 0 Å². The summed E-state index contributed by atoms with van der Waals surface area (Å²) in [4.78, 5) is 16.8. The van der Waals surface area contributed by atoms with E-state index in [-0.39, 0.29) is 25.0 Å². The Morgan fingerprint density at radius 2 is 1.92 bits per heavy atom. The summed E-state index contributed by atoms with van der Waals surface area (Å²) in [6, 6.07) is 17.1. The summed E-state index contributed by atoms with van der Waals surface area (Å²) in [5.74, 6) is 0.503. The summed E-state index contributed by atoms with van der Waals surface area (Å²) in [5.41, 5.74) is 2.00. The number of carbonyl (C=O) groups excluding carboxylic acids is 1. The zero-order valence-corrected chi connectivity index (χ0v) is 15.9. The number of thiazole rings is 1. The predicted octanol–water partition coefficient (Wildman–Crippen LogP) is 5.11. The van der Waals surface area contributed by atoms with Crippen molar-refractivity contribution in [3.05, 3.63) is 70.0 Å². The summed E-state index contributed by atoms with van der Waals surface area (Å²) in [6.45, 7) is 2.20. The van der Waals surface area contributed by atoms with Crippen LogP contribution in [-0.2, 0) is 4.79 Å². The second-order valence-electron chi connectivity index (χ2n) is 5.76. The number of nitrogens with one attached hydrogen (secondary N) is 1. The van der Waals surface area contributed by atoms with Crippen molar-refractivity contribution in [3.8, 4) is 17.0 Å². The van der Waals surface area contributed by atoms with Gasteiger partial charge in [0.15, 0.2) is 0 Å². The maximum atomic E-state index is 12.1. The van der Waals surface area contributed by atoms with Crippen LogP contribution >= 0.6 is 22.9 Å². The molecule has 1 N–H and O–H groups in total. The Labute approximate surface area is 161 Å². The molecule has 3 rings (SSSR count). The summed E-state index contributed by atoms with van der Waals surface area (Å²) in [5, 5.41) is 6.38. The van der Waals surface area contributed by atoms with Gasteiger partial charge in [0.05, 0.1) is 29.8 Å². The minimum absolute atomic E-state index is 0.0824. The highest BCUT2D eigenvalue weighted by molar-refractivity contribution is 7.10. The molecule has 1 amide bonds. The zero-order chi connectivity index (χ0) is 18.4. The van der Waals surface area contributed by atoms with Crippen LogP contribution in [0.2, 0.25) is 5.02 Å². The largest absolute Gasteiger partial charge is 0.491 e. The molecular weight excluding hydrogens is 368 g/mol. The first-order chi connectivity index (χ1) is 12.6. The van der Waals surface area contributed by atoms with Gasteiger partial charge >= 0.3 is 0 Å². The van der Waals surface area contributed by atoms with Gasteiger partial charge in [-0.15, -0.1) is 11.3 Å². The van der Waals surface area contributed by atoms with Gasteiger partial charge in [-0.25, -0.2) is 4.98 Å². The maximum Gasteiger partial charge on any atom is 0.223 e. The van der Waals surface area contributed by atoms with Crippen LogP contribution in [0, 0.1) is 0 Å². The number of amides is 1. The van der Waals surface area contributed by atoms with Gasteiger partial charge in [0.25, 0.3) is 0 Å². The van der Waals surface area contributed by atoms with Crippen molar-refractivity contribution in [2.24, 2.45) is 0 Å². The molecule has 6 heteroatoms. The lowest BCUT2D eigenvalue weighted by Crippen LogP contribution is -2.27. The molecule has 0 spiro atoms. The summed E-state index contributed by atoms with van der Waals surface area (Å²) in [6.07, 6.45) is 0.256. The number of halogens is 1. The van der Waals surface area contributed by atoms with E-state index in [2.05, 4.69) is 10.3 Å². The Morgan fingerprint density at radius 3 is 2.69 bits per heavy atom. The van der Waals surface area contributed by atoms with E-state index in [1.807, 2.05) is 54.8 Å². The normalized spacial score (nSPS) is 11.8. The van der Waals surface area contributed by atoms with E-state index in [1.165, 1.54) is 0 Å². The number of aromatic nitrogens is 1. The van der Waals surface area contributed by atoms with Crippen LogP contribution in [0.4, 0.5) is 0 Å². The van der Waals surface area contributed by atoms with E-state index in [1.54, 1.807) is 23.5 Å². The van der Waals surface area contributed by atoms with Crippen molar-refractivity contribution in [3.63, 3.8) is 0 Å². The first kappa shape index (κ1) is 18.4. The highest BCUT2D eigenvalue weighted by atomic mass is 35.5. The highest BCUT2D eigenvalue weighted by Crippen LogP contribution is 2.25. The van der Waals surface area contributed by atoms with Crippen LogP contribution in [-0.4, -0.2) is 17.5 Å². The number of benzene rings is 2. The van der Waals surface area contributed by atoms with Crippen molar-refractivity contribution in [2.75, 3.05) is 6.61 Å². The van der Waals surface area contributed by atoms with Crippen LogP contribution < -0.4 is 10.1 Å². The van der Waals surface area contributed by atoms with Crippen LogP contribution in [0.15, 0.2) is 60.0 Å². The molecule has 4 nitrogen and oxygen atoms in total. The van der Waals surface area contributed by atoms with Gasteiger partial charge in [-0.2, -0.15) is 0 Å². The SMILES string of the molecule is CC(NC(=O)CCOc1ccccc1Cl)c1nc(-c2ccccc2)cs1. The Bertz CT molecular complexity index is 867. The lowest BCUT2D eigenvalue weighted by Gasteiger charge is -2.12. The second-order valence-corrected chi connectivity index (χ2v) is 7.05. The number of ether oxygens (including phenoxy) is 1. The fourth-order valence-corrected chi connectivity index (χ4v) is 3.44. The first-order valence-electron chi connectivity index (χ1n) is 8.31. The smallest absolute Gasteiger partial charge is 0.223 e. The van der Waals surface area contributed by atoms with Crippen LogP contribution in [0.25, 0.3) is 11.3 Å². The lowest BCUT2D eigenvalue weighted by molar-refractivity contribution is -0.122. The fraction of sp³-hybridized carbons (Fsp3) is 0.200. The van der Waals surface area contributed by atoms with Crippen molar-refractivity contribution < 1.29 is 9.53 Å². The summed E-state index contributed by atoms with van der Waals surface area (Å²) >= 11 is 7.57. The fourth-order valence-electron chi connectivity index (χ4n) is 2.42. The van der Waals surface area contributed by atoms with Gasteiger partial charge in [-0.05, 0) is 19.1 Å². The number of hydrogen-bond donors (Lipinski definition) is 1. The molecule has 0 aliphatic carbocycles. The molecule has 3 aromatic rings. The summed E-state index contributed by atoms with van der Waals surface area (Å²) < 4.78 is 5.55. The zero-order valence-electron chi connectivity index (χ0n) is 14.3. The second kappa shape index (κ2) is 8.83. The average molecular weight is 387 g/mol. The van der Waals surface area contributed by atoms with Gasteiger partial charge in [-0.1, -0.05) is 54.1 Å². The predicted molar refractivity (Wildman–Crippen MR) is 106 cm³/mol. The molecule has 1 unspecified atom stereocenters. The molecular formula is C20H19ClN2O2S. The monoisotopic (exact) mass is 386 g/mol. The first-order valence-corrected chi connectivity index (χ1v) is 9.57. The molecule has 0 aliphatic rings. The number of para-hydroxylation sites is 1. The number of rotatable bonds is 7. The van der Waals surface area contributed by atoms with E-state index in [0.717, 1.165) is 16.3 Å². The van der Waals surface area contributed by atoms with Crippen molar-refractivity contribution in [2.45, 2.75) is 19.4 Å². The topological polar surface area (TPSA) is 51.2 Å². The molecule has 1 atom stereocenters. The molecule has 0 fully saturated rings. The molecule has 2 aromatic carbocycles. The van der Waals surface area contributed by atoms with Gasteiger partial charge in [0.2, 0.25) is 5.91 Å². The Kier molecular flexibility index (Phi) is 6.26. The maximum absolute atomic E-state index is 12.1. The molecule has 0 radical (unpaired) electrons. The van der Waals surface area contributed by atoms with Gasteiger partial charge in [0, 0.05) is 10.9 Å². The quantitative estimate of drug-likeness (QED) is 0.613. The summed E-state index contributed by atoms with van der Waals surface area (Å²) in [7, 11) is 0. The lowest BCUT2D eigenvalue weighted by atomic mass is 10.2. The van der Waals surface area contributed by atoms with Crippen LogP contribution in [0.5, 0.6) is 5.75 Å². The number of hydrogen-bond acceptors (Lipinski definition) is 4. The average Bonchev–Trinajstić information content (AvgIpc) is 3.14. The van der Waals surface area contributed by atoms with Crippen LogP contribution in [0.1, 0.15) is 24.4 Å². The minimum atomic E-state index is -0.148. The Morgan fingerprint density at radius 1 is 1.19 bits per heavy atom. The Hall–Kier alpha value is -2.37. The third kappa shape index (κ3) is 4.84. The molecule has 0 bridgehead atoms.